The second kappa shape index (κ2) is 5.25. The van der Waals surface area contributed by atoms with E-state index in [-0.39, 0.29) is 18.0 Å². The molecule has 0 saturated carbocycles. The maximum absolute atomic E-state index is 11.2. The number of aldehydes is 1. The second-order valence-corrected chi connectivity index (χ2v) is 3.63. The number of rotatable bonds is 4. The molecule has 9 heteroatoms. The minimum Gasteiger partial charge on any atom is -0.441 e. The largest absolute Gasteiger partial charge is 0.441 e. The second-order valence-electron chi connectivity index (χ2n) is 3.63. The molecule has 0 N–H and O–H groups in total. The molecular formula is C9H12N4O5. The average molecular weight is 256 g/mol. The molecule has 1 aromatic heterocycles. The Labute approximate surface area is 102 Å². The van der Waals surface area contributed by atoms with Gasteiger partial charge in [-0.2, -0.15) is 0 Å². The molecule has 0 unspecified atom stereocenters. The van der Waals surface area contributed by atoms with Gasteiger partial charge in [0.05, 0.1) is 7.05 Å². The van der Waals surface area contributed by atoms with Crippen molar-refractivity contribution >= 4 is 18.3 Å². The van der Waals surface area contributed by atoms with Crippen molar-refractivity contribution in [2.45, 2.75) is 6.61 Å². The number of nitro groups is 1. The Bertz CT molecular complexity index is 493. The van der Waals surface area contributed by atoms with Gasteiger partial charge in [0.1, 0.15) is 0 Å². The lowest BCUT2D eigenvalue weighted by Crippen LogP contribution is -2.23. The summed E-state index contributed by atoms with van der Waals surface area (Å²) in [5, 5.41) is 10.6. The van der Waals surface area contributed by atoms with Crippen molar-refractivity contribution in [2.24, 2.45) is 7.05 Å². The van der Waals surface area contributed by atoms with Gasteiger partial charge >= 0.3 is 12.0 Å². The van der Waals surface area contributed by atoms with Gasteiger partial charge in [-0.05, 0) is 4.92 Å². The summed E-state index contributed by atoms with van der Waals surface area (Å²) in [5.41, 5.74) is 0.0580. The van der Waals surface area contributed by atoms with E-state index in [4.69, 9.17) is 4.74 Å². The van der Waals surface area contributed by atoms with E-state index >= 15 is 0 Å². The number of ether oxygens (including phenoxy) is 1. The van der Waals surface area contributed by atoms with Crippen molar-refractivity contribution in [2.75, 3.05) is 14.1 Å². The molecule has 0 spiro atoms. The minimum atomic E-state index is -0.718. The van der Waals surface area contributed by atoms with Crippen molar-refractivity contribution in [1.82, 2.24) is 14.5 Å². The van der Waals surface area contributed by atoms with Crippen LogP contribution in [0.1, 0.15) is 16.2 Å². The molecule has 18 heavy (non-hydrogen) atoms. The Kier molecular flexibility index (Phi) is 3.97. The van der Waals surface area contributed by atoms with Crippen LogP contribution in [0.5, 0.6) is 0 Å². The van der Waals surface area contributed by atoms with E-state index in [2.05, 4.69) is 4.98 Å². The lowest BCUT2D eigenvalue weighted by atomic mass is 10.3. The van der Waals surface area contributed by atoms with E-state index in [0.29, 0.717) is 6.29 Å². The van der Waals surface area contributed by atoms with E-state index in [1.165, 1.54) is 26.0 Å². The molecule has 0 aliphatic heterocycles. The van der Waals surface area contributed by atoms with Crippen LogP contribution in [-0.2, 0) is 18.4 Å². The van der Waals surface area contributed by atoms with Crippen molar-refractivity contribution in [3.63, 3.8) is 0 Å². The molecule has 0 saturated heterocycles. The zero-order valence-corrected chi connectivity index (χ0v) is 10.1. The molecule has 0 bridgehead atoms. The zero-order chi connectivity index (χ0) is 13.9. The van der Waals surface area contributed by atoms with Crippen molar-refractivity contribution < 1.29 is 19.2 Å². The van der Waals surface area contributed by atoms with E-state index in [1.807, 2.05) is 0 Å². The van der Waals surface area contributed by atoms with Gasteiger partial charge < -0.3 is 19.8 Å². The van der Waals surface area contributed by atoms with E-state index in [1.54, 1.807) is 0 Å². The van der Waals surface area contributed by atoms with Gasteiger partial charge in [-0.3, -0.25) is 4.79 Å². The molecule has 0 fully saturated rings. The first-order valence-corrected chi connectivity index (χ1v) is 4.87. The third-order valence-corrected chi connectivity index (χ3v) is 2.19. The van der Waals surface area contributed by atoms with Crippen LogP contribution >= 0.6 is 0 Å². The van der Waals surface area contributed by atoms with Crippen LogP contribution in [0.15, 0.2) is 0 Å². The van der Waals surface area contributed by atoms with E-state index in [9.17, 15) is 19.7 Å². The van der Waals surface area contributed by atoms with Gasteiger partial charge in [-0.1, -0.05) is 4.98 Å². The summed E-state index contributed by atoms with van der Waals surface area (Å²) in [6.07, 6.45) is -0.234. The average Bonchev–Trinajstić information content (AvgIpc) is 2.62. The molecule has 1 aromatic rings. The summed E-state index contributed by atoms with van der Waals surface area (Å²) in [6, 6.07) is 0. The fourth-order valence-electron chi connectivity index (χ4n) is 1.23. The molecule has 1 heterocycles. The lowest BCUT2D eigenvalue weighted by molar-refractivity contribution is -0.396. The quantitative estimate of drug-likeness (QED) is 0.436. The smallest absolute Gasteiger partial charge is 0.435 e. The van der Waals surface area contributed by atoms with Crippen LogP contribution in [0.4, 0.5) is 10.7 Å². The molecule has 0 aliphatic rings. The molecule has 98 valence electrons. The molecule has 0 aromatic carbocycles. The fourth-order valence-corrected chi connectivity index (χ4v) is 1.23. The summed E-state index contributed by atoms with van der Waals surface area (Å²) in [4.78, 5) is 36.6. The highest BCUT2D eigenvalue weighted by Gasteiger charge is 2.25. The number of hydrogen-bond acceptors (Lipinski definition) is 6. The molecule has 0 aliphatic carbocycles. The molecular weight excluding hydrogens is 244 g/mol. The number of carbonyl (C=O) groups is 2. The van der Waals surface area contributed by atoms with Gasteiger partial charge in [-0.15, -0.1) is 0 Å². The predicted octanol–water partition coefficient (Wildman–Crippen LogP) is 0.339. The highest BCUT2D eigenvalue weighted by molar-refractivity contribution is 5.74. The van der Waals surface area contributed by atoms with Crippen LogP contribution < -0.4 is 0 Å². The van der Waals surface area contributed by atoms with Gasteiger partial charge in [0.15, 0.2) is 18.6 Å². The molecule has 0 radical (unpaired) electrons. The summed E-state index contributed by atoms with van der Waals surface area (Å²) in [7, 11) is 4.36. The van der Waals surface area contributed by atoms with E-state index < -0.39 is 17.0 Å². The SMILES string of the molecule is CN(C)C(=O)OCc1c(C=O)nc([N+](=O)[O-])n1C. The first-order chi connectivity index (χ1) is 8.38. The first kappa shape index (κ1) is 13.6. The van der Waals surface area contributed by atoms with Crippen molar-refractivity contribution in [3.05, 3.63) is 21.5 Å². The Morgan fingerprint density at radius 2 is 2.22 bits per heavy atom. The van der Waals surface area contributed by atoms with Gasteiger partial charge in [0.25, 0.3) is 0 Å². The van der Waals surface area contributed by atoms with Crippen molar-refractivity contribution in [1.29, 1.82) is 0 Å². The highest BCUT2D eigenvalue weighted by Crippen LogP contribution is 2.16. The number of aromatic nitrogens is 2. The summed E-state index contributed by atoms with van der Waals surface area (Å²) in [6.45, 7) is -0.261. The number of amides is 1. The molecule has 1 rings (SSSR count). The first-order valence-electron chi connectivity index (χ1n) is 4.87. The fraction of sp³-hybridized carbons (Fsp3) is 0.444. The van der Waals surface area contributed by atoms with Gasteiger partial charge in [0, 0.05) is 14.1 Å². The number of hydrogen-bond donors (Lipinski definition) is 0. The minimum absolute atomic E-state index is 0.115. The third kappa shape index (κ3) is 2.62. The lowest BCUT2D eigenvalue weighted by Gasteiger charge is -2.10. The Morgan fingerprint density at radius 1 is 1.61 bits per heavy atom. The predicted molar refractivity (Wildman–Crippen MR) is 59.1 cm³/mol. The standard InChI is InChI=1S/C9H12N4O5/c1-11(2)9(15)18-5-7-6(4-14)10-8(12(7)3)13(16)17/h4H,5H2,1-3H3. The van der Waals surface area contributed by atoms with Crippen LogP contribution in [0.2, 0.25) is 0 Å². The molecule has 1 amide bonds. The maximum atomic E-state index is 11.2. The third-order valence-electron chi connectivity index (χ3n) is 2.19. The Balaban J connectivity index is 2.97. The Hall–Kier alpha value is -2.45. The van der Waals surface area contributed by atoms with Crippen LogP contribution in [-0.4, -0.2) is 45.8 Å². The molecule has 0 atom stereocenters. The van der Waals surface area contributed by atoms with Crippen molar-refractivity contribution in [3.8, 4) is 0 Å². The summed E-state index contributed by atoms with van der Waals surface area (Å²) in [5.74, 6) is -0.479. The number of nitrogens with zero attached hydrogens (tertiary/aromatic N) is 4. The van der Waals surface area contributed by atoms with Gasteiger partial charge in [0.2, 0.25) is 5.69 Å². The van der Waals surface area contributed by atoms with Crippen LogP contribution in [0, 0.1) is 10.1 Å². The number of imidazole rings is 1. The summed E-state index contributed by atoms with van der Waals surface area (Å²) >= 11 is 0. The van der Waals surface area contributed by atoms with Gasteiger partial charge in [-0.25, -0.2) is 9.36 Å². The summed E-state index contributed by atoms with van der Waals surface area (Å²) < 4.78 is 5.95. The maximum Gasteiger partial charge on any atom is 0.435 e. The van der Waals surface area contributed by atoms with Crippen LogP contribution in [0.3, 0.4) is 0 Å². The molecule has 9 nitrogen and oxygen atoms in total. The zero-order valence-electron chi connectivity index (χ0n) is 10.1. The normalized spacial score (nSPS) is 9.94. The monoisotopic (exact) mass is 256 g/mol. The van der Waals surface area contributed by atoms with Crippen LogP contribution in [0.25, 0.3) is 0 Å². The van der Waals surface area contributed by atoms with E-state index in [0.717, 1.165) is 4.57 Å². The number of carbonyl (C=O) groups excluding carboxylic acids is 2. The highest BCUT2D eigenvalue weighted by atomic mass is 16.6. The topological polar surface area (TPSA) is 108 Å². The Morgan fingerprint density at radius 3 is 2.67 bits per heavy atom.